The molecule has 1 rings (SSSR count). The van der Waals surface area contributed by atoms with Gasteiger partial charge in [-0.05, 0) is 29.7 Å². The van der Waals surface area contributed by atoms with Crippen molar-refractivity contribution in [2.24, 2.45) is 3.77 Å². The number of nitrogens with zero attached hydrogens (tertiary/aromatic N) is 1. The third-order valence-electron chi connectivity index (χ3n) is 1.78. The quantitative estimate of drug-likeness (QED) is 0.843. The fourth-order valence-corrected chi connectivity index (χ4v) is 3.49. The number of sulfonamides is 1. The average Bonchev–Trinajstić information content (AvgIpc) is 2.17. The van der Waals surface area contributed by atoms with Crippen LogP contribution in [0.2, 0.25) is 0 Å². The maximum atomic E-state index is 11.7. The normalized spacial score (nSPS) is 13.7. The number of hydrogen-bond donors (Lipinski definition) is 1. The molecule has 0 aromatic heterocycles. The summed E-state index contributed by atoms with van der Waals surface area (Å²) in [6, 6.07) is 6.29. The molecule has 0 bridgehead atoms. The van der Waals surface area contributed by atoms with Crippen molar-refractivity contribution in [1.82, 2.24) is 0 Å². The van der Waals surface area contributed by atoms with Gasteiger partial charge in [-0.2, -0.15) is 8.42 Å². The zero-order valence-corrected chi connectivity index (χ0v) is 11.3. The Morgan fingerprint density at radius 1 is 1.31 bits per heavy atom. The number of aryl methyl sites for hydroxylation is 1. The van der Waals surface area contributed by atoms with Gasteiger partial charge in [0.1, 0.15) is 0 Å². The Hall–Kier alpha value is -0.660. The van der Waals surface area contributed by atoms with Gasteiger partial charge in [-0.1, -0.05) is 30.3 Å². The van der Waals surface area contributed by atoms with Crippen molar-refractivity contribution >= 4 is 37.8 Å². The van der Waals surface area contributed by atoms with E-state index in [9.17, 15) is 13.2 Å². The van der Waals surface area contributed by atoms with E-state index in [1.165, 1.54) is 18.4 Å². The lowest BCUT2D eigenvalue weighted by molar-refractivity contribution is 0.276. The zero-order chi connectivity index (χ0) is 12.3. The molecule has 0 saturated heterocycles. The summed E-state index contributed by atoms with van der Waals surface area (Å²) < 4.78 is 26.4. The Morgan fingerprint density at radius 2 is 1.81 bits per heavy atom. The zero-order valence-electron chi connectivity index (χ0n) is 8.75. The van der Waals surface area contributed by atoms with E-state index in [2.05, 4.69) is 16.4 Å². The van der Waals surface area contributed by atoms with Crippen molar-refractivity contribution < 1.29 is 13.2 Å². The van der Waals surface area contributed by atoms with Crippen LogP contribution in [-0.2, 0) is 20.7 Å². The maximum absolute atomic E-state index is 11.7. The average molecular weight is 277 g/mol. The summed E-state index contributed by atoms with van der Waals surface area (Å²) in [5.41, 5.74) is 0.958. The van der Waals surface area contributed by atoms with Gasteiger partial charge in [0.25, 0.3) is 14.5 Å². The van der Waals surface area contributed by atoms with Gasteiger partial charge in [-0.3, -0.25) is 4.79 Å². The van der Waals surface area contributed by atoms with E-state index < -0.39 is 25.2 Å². The molecule has 0 spiro atoms. The van der Waals surface area contributed by atoms with E-state index in [0.717, 1.165) is 5.56 Å². The number of hydrogen-bond acceptors (Lipinski definition) is 3. The molecule has 0 aliphatic heterocycles. The van der Waals surface area contributed by atoms with Gasteiger partial charge in [-0.25, -0.2) is 0 Å². The molecule has 4 nitrogen and oxygen atoms in total. The number of benzene rings is 1. The van der Waals surface area contributed by atoms with E-state index in [0.29, 0.717) is 0 Å². The second-order valence-corrected chi connectivity index (χ2v) is 7.16. The molecular formula is C9H11NO3S3. The smallest absolute Gasteiger partial charge is 0.274 e. The second kappa shape index (κ2) is 5.11. The van der Waals surface area contributed by atoms with Gasteiger partial charge >= 0.3 is 0 Å². The van der Waals surface area contributed by atoms with Gasteiger partial charge in [0.2, 0.25) is 0 Å². The first-order valence-electron chi connectivity index (χ1n) is 4.26. The molecule has 0 heterocycles. The van der Waals surface area contributed by atoms with Crippen molar-refractivity contribution in [2.45, 2.75) is 11.8 Å². The molecule has 0 saturated carbocycles. The number of rotatable bonds is 2. The minimum atomic E-state index is -3.75. The van der Waals surface area contributed by atoms with Crippen molar-refractivity contribution in [3.8, 4) is 0 Å². The van der Waals surface area contributed by atoms with Crippen molar-refractivity contribution in [2.75, 3.05) is 6.26 Å². The van der Waals surface area contributed by atoms with Crippen LogP contribution in [0.1, 0.15) is 5.56 Å². The van der Waals surface area contributed by atoms with Gasteiger partial charge in [0, 0.05) is 6.26 Å². The Kier molecular flexibility index (Phi) is 4.28. The van der Waals surface area contributed by atoms with Gasteiger partial charge < -0.3 is 0 Å². The standard InChI is InChI=1S/C9H11NO3S3/c1-7-3-5-8(6-4-7)16(12,13)10-15(2)9(11)14/h3-6H,1-2H3,(H,11,14). The summed E-state index contributed by atoms with van der Waals surface area (Å²) in [5.74, 6) is 0. The van der Waals surface area contributed by atoms with E-state index in [4.69, 9.17) is 0 Å². The summed E-state index contributed by atoms with van der Waals surface area (Å²) in [4.78, 5) is 10.9. The summed E-state index contributed by atoms with van der Waals surface area (Å²) in [6.07, 6.45) is 1.42. The predicted molar refractivity (Wildman–Crippen MR) is 68.5 cm³/mol. The molecule has 1 unspecified atom stereocenters. The number of thiol groups is 1. The molecule has 1 aromatic rings. The first kappa shape index (κ1) is 13.4. The monoisotopic (exact) mass is 277 g/mol. The Labute approximate surface area is 103 Å². The lowest BCUT2D eigenvalue weighted by Gasteiger charge is -2.00. The third-order valence-corrected chi connectivity index (χ3v) is 5.63. The van der Waals surface area contributed by atoms with Gasteiger partial charge in [0.05, 0.1) is 4.90 Å². The van der Waals surface area contributed by atoms with E-state index in [-0.39, 0.29) is 4.90 Å². The van der Waals surface area contributed by atoms with Crippen LogP contribution in [-0.4, -0.2) is 19.1 Å². The van der Waals surface area contributed by atoms with E-state index >= 15 is 0 Å². The summed E-state index contributed by atoms with van der Waals surface area (Å²) in [5, 5.41) is 0. The molecule has 1 aromatic carbocycles. The molecule has 0 fully saturated rings. The highest BCUT2D eigenvalue weighted by atomic mass is 32.3. The van der Waals surface area contributed by atoms with Gasteiger partial charge in [0.15, 0.2) is 0 Å². The fourth-order valence-electron chi connectivity index (χ4n) is 0.932. The second-order valence-electron chi connectivity index (χ2n) is 3.11. The molecule has 0 aliphatic rings. The van der Waals surface area contributed by atoms with E-state index in [1.54, 1.807) is 12.1 Å². The van der Waals surface area contributed by atoms with Crippen molar-refractivity contribution in [1.29, 1.82) is 0 Å². The van der Waals surface area contributed by atoms with Crippen LogP contribution in [0.4, 0.5) is 4.79 Å². The van der Waals surface area contributed by atoms with Crippen LogP contribution in [0.15, 0.2) is 32.9 Å². The number of carbonyl (C=O) groups is 1. The molecule has 0 aliphatic carbocycles. The first-order valence-corrected chi connectivity index (χ1v) is 7.74. The van der Waals surface area contributed by atoms with Crippen LogP contribution < -0.4 is 0 Å². The Bertz CT molecular complexity index is 532. The Balaban J connectivity index is 3.18. The summed E-state index contributed by atoms with van der Waals surface area (Å²) in [7, 11) is -4.99. The third kappa shape index (κ3) is 3.43. The number of carbonyl (C=O) groups excluding carboxylic acids is 1. The van der Waals surface area contributed by atoms with Crippen molar-refractivity contribution in [3.63, 3.8) is 0 Å². The molecule has 0 amide bonds. The minimum Gasteiger partial charge on any atom is -0.274 e. The van der Waals surface area contributed by atoms with Crippen molar-refractivity contribution in [3.05, 3.63) is 29.8 Å². The Morgan fingerprint density at radius 3 is 2.25 bits per heavy atom. The largest absolute Gasteiger partial charge is 0.288 e. The predicted octanol–water partition coefficient (Wildman–Crippen LogP) is 2.17. The van der Waals surface area contributed by atoms with Crippen LogP contribution in [0, 0.1) is 6.92 Å². The molecule has 7 heteroatoms. The molecular weight excluding hydrogens is 266 g/mol. The lowest BCUT2D eigenvalue weighted by atomic mass is 10.2. The first-order chi connectivity index (χ1) is 7.33. The molecule has 16 heavy (non-hydrogen) atoms. The SMILES string of the molecule is Cc1ccc(S(=O)(=O)N=S(C)C(=O)S)cc1. The summed E-state index contributed by atoms with van der Waals surface area (Å²) >= 11 is 3.55. The van der Waals surface area contributed by atoms with Gasteiger partial charge in [-0.15, -0.1) is 3.77 Å². The molecule has 1 atom stereocenters. The van der Waals surface area contributed by atoms with Crippen LogP contribution in [0.25, 0.3) is 0 Å². The summed E-state index contributed by atoms with van der Waals surface area (Å²) in [6.45, 7) is 1.86. The lowest BCUT2D eigenvalue weighted by Crippen LogP contribution is -2.02. The topological polar surface area (TPSA) is 63.6 Å². The van der Waals surface area contributed by atoms with Crippen LogP contribution in [0.3, 0.4) is 0 Å². The van der Waals surface area contributed by atoms with E-state index in [1.807, 2.05) is 6.92 Å². The molecule has 88 valence electrons. The molecule has 0 radical (unpaired) electrons. The highest BCUT2D eigenvalue weighted by Gasteiger charge is 2.13. The van der Waals surface area contributed by atoms with Crippen LogP contribution >= 0.6 is 12.6 Å². The molecule has 0 N–H and O–H groups in total. The highest BCUT2D eigenvalue weighted by molar-refractivity contribution is 8.26. The fraction of sp³-hybridized carbons (Fsp3) is 0.222. The maximum Gasteiger partial charge on any atom is 0.288 e. The van der Waals surface area contributed by atoms with Crippen LogP contribution in [0.5, 0.6) is 0 Å². The highest BCUT2D eigenvalue weighted by Crippen LogP contribution is 2.14. The minimum absolute atomic E-state index is 0.0898.